The molecule has 0 amide bonds. The molecule has 0 spiro atoms. The lowest BCUT2D eigenvalue weighted by molar-refractivity contribution is 0.699. The molecule has 2 aromatic rings. The average molecular weight is 472 g/mol. The fourth-order valence-corrected chi connectivity index (χ4v) is 3.42. The highest BCUT2D eigenvalue weighted by molar-refractivity contribution is 14.0. The molecule has 6 heteroatoms. The van der Waals surface area contributed by atoms with Gasteiger partial charge in [-0.3, -0.25) is 0 Å². The third-order valence-corrected chi connectivity index (χ3v) is 4.97. The van der Waals surface area contributed by atoms with Crippen LogP contribution in [0.15, 0.2) is 29.3 Å². The largest absolute Gasteiger partial charge is 0.357 e. The molecule has 1 aromatic heterocycles. The molecule has 1 atom stereocenters. The van der Waals surface area contributed by atoms with E-state index in [4.69, 9.17) is 4.99 Å². The smallest absolute Gasteiger partial charge is 0.191 e. The van der Waals surface area contributed by atoms with Gasteiger partial charge in [0.15, 0.2) is 5.96 Å². The number of nitrogens with one attached hydrogen (secondary N) is 2. The zero-order chi connectivity index (χ0) is 17.5. The van der Waals surface area contributed by atoms with Crippen LogP contribution in [0.3, 0.4) is 0 Å². The van der Waals surface area contributed by atoms with Gasteiger partial charge in [-0.15, -0.1) is 35.3 Å². The molecule has 1 aromatic carbocycles. The van der Waals surface area contributed by atoms with Crippen LogP contribution in [-0.4, -0.2) is 24.0 Å². The van der Waals surface area contributed by atoms with Gasteiger partial charge < -0.3 is 10.6 Å². The first-order valence-electron chi connectivity index (χ1n) is 8.51. The Morgan fingerprint density at radius 3 is 2.60 bits per heavy atom. The number of halogens is 1. The Hall–Kier alpha value is -1.15. The van der Waals surface area contributed by atoms with Crippen molar-refractivity contribution in [2.75, 3.05) is 13.1 Å². The number of thiazole rings is 1. The number of aryl methyl sites for hydroxylation is 3. The maximum absolute atomic E-state index is 4.71. The van der Waals surface area contributed by atoms with Gasteiger partial charge in [0.1, 0.15) is 0 Å². The molecule has 0 radical (unpaired) electrons. The molecule has 2 rings (SSSR count). The number of aromatic nitrogens is 1. The second kappa shape index (κ2) is 10.8. The molecular formula is C19H29IN4S. The van der Waals surface area contributed by atoms with Crippen LogP contribution in [0.5, 0.6) is 0 Å². The molecule has 25 heavy (non-hydrogen) atoms. The van der Waals surface area contributed by atoms with Crippen LogP contribution < -0.4 is 10.6 Å². The Morgan fingerprint density at radius 1 is 1.24 bits per heavy atom. The molecule has 1 unspecified atom stereocenters. The number of aliphatic imine (C=N–C) groups is 1. The van der Waals surface area contributed by atoms with E-state index in [2.05, 4.69) is 67.6 Å². The van der Waals surface area contributed by atoms with Crippen LogP contribution in [0.25, 0.3) is 0 Å². The number of hydrogen-bond acceptors (Lipinski definition) is 3. The Morgan fingerprint density at radius 2 is 2.00 bits per heavy atom. The van der Waals surface area contributed by atoms with E-state index < -0.39 is 0 Å². The van der Waals surface area contributed by atoms with Gasteiger partial charge >= 0.3 is 0 Å². The van der Waals surface area contributed by atoms with Crippen molar-refractivity contribution >= 4 is 41.3 Å². The van der Waals surface area contributed by atoms with Crippen LogP contribution in [0.4, 0.5) is 0 Å². The molecule has 2 N–H and O–H groups in total. The van der Waals surface area contributed by atoms with Gasteiger partial charge in [-0.05, 0) is 39.2 Å². The fourth-order valence-electron chi connectivity index (χ4n) is 2.56. The SMILES string of the molecule is CCNC(=NCc1sc(C)nc1C)NCC(C)c1cccc(C)c1.I. The Kier molecular flexibility index (Phi) is 9.42. The third-order valence-electron chi connectivity index (χ3n) is 3.91. The summed E-state index contributed by atoms with van der Waals surface area (Å²) >= 11 is 1.72. The van der Waals surface area contributed by atoms with Crippen molar-refractivity contribution in [2.45, 2.75) is 47.1 Å². The first kappa shape index (κ1) is 21.9. The van der Waals surface area contributed by atoms with E-state index >= 15 is 0 Å². The lowest BCUT2D eigenvalue weighted by Gasteiger charge is -2.16. The summed E-state index contributed by atoms with van der Waals surface area (Å²) in [4.78, 5) is 10.4. The summed E-state index contributed by atoms with van der Waals surface area (Å²) < 4.78 is 0. The van der Waals surface area contributed by atoms with Gasteiger partial charge in [0.2, 0.25) is 0 Å². The minimum Gasteiger partial charge on any atom is -0.357 e. The van der Waals surface area contributed by atoms with Crippen LogP contribution in [-0.2, 0) is 6.54 Å². The quantitative estimate of drug-likeness (QED) is 0.369. The first-order valence-corrected chi connectivity index (χ1v) is 9.33. The van der Waals surface area contributed by atoms with Crippen LogP contribution in [0, 0.1) is 20.8 Å². The summed E-state index contributed by atoms with van der Waals surface area (Å²) in [6, 6.07) is 8.69. The van der Waals surface area contributed by atoms with Crippen molar-refractivity contribution in [1.29, 1.82) is 0 Å². The molecule has 0 saturated carbocycles. The molecule has 0 fully saturated rings. The van der Waals surface area contributed by atoms with E-state index in [1.807, 2.05) is 6.92 Å². The summed E-state index contributed by atoms with van der Waals surface area (Å²) in [6.45, 7) is 12.9. The maximum Gasteiger partial charge on any atom is 0.191 e. The molecular weight excluding hydrogens is 443 g/mol. The topological polar surface area (TPSA) is 49.3 Å². The van der Waals surface area contributed by atoms with Crippen molar-refractivity contribution in [3.8, 4) is 0 Å². The van der Waals surface area contributed by atoms with Crippen molar-refractivity contribution in [3.05, 3.63) is 51.0 Å². The highest BCUT2D eigenvalue weighted by atomic mass is 127. The fraction of sp³-hybridized carbons (Fsp3) is 0.474. The lowest BCUT2D eigenvalue weighted by atomic mass is 9.99. The molecule has 0 bridgehead atoms. The van der Waals surface area contributed by atoms with Crippen molar-refractivity contribution < 1.29 is 0 Å². The van der Waals surface area contributed by atoms with Crippen molar-refractivity contribution in [1.82, 2.24) is 15.6 Å². The lowest BCUT2D eigenvalue weighted by Crippen LogP contribution is -2.39. The molecule has 138 valence electrons. The molecule has 0 aliphatic rings. The average Bonchev–Trinajstić information content (AvgIpc) is 2.87. The van der Waals surface area contributed by atoms with Gasteiger partial charge in [-0.25, -0.2) is 9.98 Å². The number of benzene rings is 1. The van der Waals surface area contributed by atoms with Gasteiger partial charge in [0.05, 0.1) is 17.2 Å². The van der Waals surface area contributed by atoms with Crippen molar-refractivity contribution in [3.63, 3.8) is 0 Å². The number of guanidine groups is 1. The molecule has 1 heterocycles. The van der Waals surface area contributed by atoms with E-state index in [1.165, 1.54) is 16.0 Å². The normalized spacial score (nSPS) is 12.4. The van der Waals surface area contributed by atoms with Crippen LogP contribution in [0.2, 0.25) is 0 Å². The predicted molar refractivity (Wildman–Crippen MR) is 119 cm³/mol. The highest BCUT2D eigenvalue weighted by Gasteiger charge is 2.08. The summed E-state index contributed by atoms with van der Waals surface area (Å²) in [5, 5.41) is 7.88. The van der Waals surface area contributed by atoms with Gasteiger partial charge in [0, 0.05) is 18.0 Å². The highest BCUT2D eigenvalue weighted by Crippen LogP contribution is 2.18. The summed E-state index contributed by atoms with van der Waals surface area (Å²) in [5.41, 5.74) is 3.74. The summed E-state index contributed by atoms with van der Waals surface area (Å²) in [7, 11) is 0. The predicted octanol–water partition coefficient (Wildman–Crippen LogP) is 4.55. The van der Waals surface area contributed by atoms with Gasteiger partial charge in [-0.1, -0.05) is 36.8 Å². The first-order chi connectivity index (χ1) is 11.5. The van der Waals surface area contributed by atoms with E-state index in [-0.39, 0.29) is 24.0 Å². The zero-order valence-electron chi connectivity index (χ0n) is 15.7. The Labute approximate surface area is 172 Å². The number of rotatable bonds is 6. The minimum absolute atomic E-state index is 0. The van der Waals surface area contributed by atoms with Crippen LogP contribution in [0.1, 0.15) is 46.5 Å². The van der Waals surface area contributed by atoms with Crippen LogP contribution >= 0.6 is 35.3 Å². The molecule has 4 nitrogen and oxygen atoms in total. The van der Waals surface area contributed by atoms with Gasteiger partial charge in [0.25, 0.3) is 0 Å². The summed E-state index contributed by atoms with van der Waals surface area (Å²) in [5.74, 6) is 1.29. The Balaban J connectivity index is 0.00000312. The van der Waals surface area contributed by atoms with Crippen molar-refractivity contribution in [2.24, 2.45) is 4.99 Å². The third kappa shape index (κ3) is 6.93. The second-order valence-electron chi connectivity index (χ2n) is 6.13. The van der Waals surface area contributed by atoms with E-state index in [0.717, 1.165) is 29.8 Å². The number of hydrogen-bond donors (Lipinski definition) is 2. The standard InChI is InChI=1S/C19H28N4S.HI/c1-6-20-19(22-12-18-15(4)23-16(5)24-18)21-11-14(3)17-9-7-8-13(2)10-17;/h7-10,14H,6,11-12H2,1-5H3,(H2,20,21,22);1H. The molecule has 0 saturated heterocycles. The molecule has 0 aliphatic heterocycles. The minimum atomic E-state index is 0. The summed E-state index contributed by atoms with van der Waals surface area (Å²) in [6.07, 6.45) is 0. The second-order valence-corrected chi connectivity index (χ2v) is 7.42. The monoisotopic (exact) mass is 472 g/mol. The van der Waals surface area contributed by atoms with E-state index in [1.54, 1.807) is 11.3 Å². The van der Waals surface area contributed by atoms with E-state index in [9.17, 15) is 0 Å². The van der Waals surface area contributed by atoms with E-state index in [0.29, 0.717) is 12.5 Å². The molecule has 0 aliphatic carbocycles. The Bertz CT molecular complexity index is 696. The maximum atomic E-state index is 4.71. The zero-order valence-corrected chi connectivity index (χ0v) is 18.9. The number of nitrogens with zero attached hydrogens (tertiary/aromatic N) is 2. The van der Waals surface area contributed by atoms with Gasteiger partial charge in [-0.2, -0.15) is 0 Å².